The smallest absolute Gasteiger partial charge is 0.229 e. The van der Waals surface area contributed by atoms with Gasteiger partial charge in [0, 0.05) is 30.5 Å². The van der Waals surface area contributed by atoms with E-state index in [-0.39, 0.29) is 24.2 Å². The summed E-state index contributed by atoms with van der Waals surface area (Å²) < 4.78 is 5.03. The Kier molecular flexibility index (Phi) is 4.96. The van der Waals surface area contributed by atoms with Crippen LogP contribution in [-0.4, -0.2) is 28.5 Å². The van der Waals surface area contributed by atoms with Crippen molar-refractivity contribution in [1.82, 2.24) is 10.1 Å². The maximum absolute atomic E-state index is 12.8. The average Bonchev–Trinajstić information content (AvgIpc) is 3.37. The Morgan fingerprint density at radius 2 is 2.00 bits per heavy atom. The van der Waals surface area contributed by atoms with Crippen LogP contribution in [0.1, 0.15) is 28.3 Å². The molecule has 150 valence electrons. The Hall–Kier alpha value is -3.00. The Morgan fingerprint density at radius 3 is 2.69 bits per heavy atom. The van der Waals surface area contributed by atoms with Crippen molar-refractivity contribution in [3.05, 3.63) is 46.2 Å². The van der Waals surface area contributed by atoms with E-state index in [1.165, 1.54) is 16.9 Å². The van der Waals surface area contributed by atoms with Gasteiger partial charge >= 0.3 is 0 Å². The minimum atomic E-state index is -0.390. The van der Waals surface area contributed by atoms with Gasteiger partial charge in [0.25, 0.3) is 0 Å². The maximum atomic E-state index is 12.8. The molecule has 7 nitrogen and oxygen atoms in total. The number of thiophene rings is 1. The zero-order valence-corrected chi connectivity index (χ0v) is 17.6. The van der Waals surface area contributed by atoms with Crippen LogP contribution in [0.3, 0.4) is 0 Å². The first kappa shape index (κ1) is 19.3. The van der Waals surface area contributed by atoms with Crippen LogP contribution in [0.15, 0.2) is 28.8 Å². The molecule has 0 spiro atoms. The summed E-state index contributed by atoms with van der Waals surface area (Å²) in [5.41, 5.74) is 3.86. The van der Waals surface area contributed by atoms with Crippen molar-refractivity contribution in [2.75, 3.05) is 16.8 Å². The predicted octanol–water partition coefficient (Wildman–Crippen LogP) is 4.02. The topological polar surface area (TPSA) is 88.3 Å². The number of hydrogen-bond acceptors (Lipinski definition) is 6. The number of anilines is 2. The lowest BCUT2D eigenvalue weighted by Crippen LogP contribution is -2.28. The molecule has 0 radical (unpaired) electrons. The normalized spacial score (nSPS) is 16.5. The zero-order chi connectivity index (χ0) is 20.7. The van der Waals surface area contributed by atoms with Gasteiger partial charge in [-0.25, -0.2) is 0 Å². The molecule has 3 aromatic rings. The fourth-order valence-electron chi connectivity index (χ4n) is 3.38. The molecular formula is C21H22N4O3S. The van der Waals surface area contributed by atoms with E-state index >= 15 is 0 Å². The number of nitrogens with zero attached hydrogens (tertiary/aromatic N) is 3. The van der Waals surface area contributed by atoms with E-state index in [2.05, 4.69) is 15.5 Å². The summed E-state index contributed by atoms with van der Waals surface area (Å²) in [4.78, 5) is 33.0. The quantitative estimate of drug-likeness (QED) is 0.702. The van der Waals surface area contributed by atoms with Crippen molar-refractivity contribution >= 4 is 34.5 Å². The van der Waals surface area contributed by atoms with Gasteiger partial charge in [0.2, 0.25) is 23.5 Å². The highest BCUT2D eigenvalue weighted by Crippen LogP contribution is 2.34. The number of rotatable bonds is 4. The molecule has 8 heteroatoms. The summed E-state index contributed by atoms with van der Waals surface area (Å²) in [6.07, 6.45) is 0.207. The van der Waals surface area contributed by atoms with Crippen LogP contribution in [0.4, 0.5) is 11.4 Å². The molecule has 2 aromatic heterocycles. The Bertz CT molecular complexity index is 1100. The fraction of sp³-hybridized carbons (Fsp3) is 0.333. The number of carbonyl (C=O) groups is 2. The number of hydrogen-bond donors (Lipinski definition) is 1. The molecule has 1 saturated heterocycles. The van der Waals surface area contributed by atoms with E-state index in [0.717, 1.165) is 26.7 Å². The largest absolute Gasteiger partial charge is 0.339 e. The second-order valence-corrected chi connectivity index (χ2v) is 8.64. The van der Waals surface area contributed by atoms with Gasteiger partial charge in [0.1, 0.15) is 0 Å². The van der Waals surface area contributed by atoms with Crippen LogP contribution in [0.5, 0.6) is 0 Å². The molecule has 2 amide bonds. The van der Waals surface area contributed by atoms with Crippen LogP contribution in [0.2, 0.25) is 0 Å². The van der Waals surface area contributed by atoms with E-state index in [9.17, 15) is 9.59 Å². The third-order valence-corrected chi connectivity index (χ3v) is 6.27. The molecule has 1 aliphatic rings. The average molecular weight is 410 g/mol. The molecule has 1 N–H and O–H groups in total. The van der Waals surface area contributed by atoms with E-state index in [1.807, 2.05) is 45.0 Å². The molecule has 0 bridgehead atoms. The SMILES string of the molecule is Cc1nc(-c2cc(NC(=O)[C@H]3CC(=O)N(c4ccc(C)c(C)c4)C3)c(C)s2)no1. The standard InChI is InChI=1S/C21H22N4O3S/c1-11-5-6-16(7-12(11)2)25-10-15(8-19(25)26)21(27)23-17-9-18(29-13(17)3)20-22-14(4)28-24-20/h5-7,9,15H,8,10H2,1-4H3,(H,23,27)/t15-/m0/s1. The first-order valence-corrected chi connectivity index (χ1v) is 10.2. The molecule has 1 fully saturated rings. The summed E-state index contributed by atoms with van der Waals surface area (Å²) in [6.45, 7) is 8.10. The minimum Gasteiger partial charge on any atom is -0.339 e. The van der Waals surface area contributed by atoms with Crippen LogP contribution in [0.25, 0.3) is 10.7 Å². The number of nitrogens with one attached hydrogen (secondary N) is 1. The highest BCUT2D eigenvalue weighted by molar-refractivity contribution is 7.16. The van der Waals surface area contributed by atoms with Crippen molar-refractivity contribution in [2.24, 2.45) is 5.92 Å². The second-order valence-electron chi connectivity index (χ2n) is 7.38. The molecule has 1 aromatic carbocycles. The highest BCUT2D eigenvalue weighted by atomic mass is 32.1. The van der Waals surface area contributed by atoms with E-state index in [0.29, 0.717) is 18.3 Å². The fourth-order valence-corrected chi connectivity index (χ4v) is 4.28. The van der Waals surface area contributed by atoms with E-state index < -0.39 is 0 Å². The van der Waals surface area contributed by atoms with Gasteiger partial charge in [0.05, 0.1) is 16.5 Å². The number of aryl methyl sites for hydroxylation is 4. The van der Waals surface area contributed by atoms with Gasteiger partial charge in [0.15, 0.2) is 0 Å². The van der Waals surface area contributed by atoms with E-state index in [4.69, 9.17) is 4.52 Å². The van der Waals surface area contributed by atoms with Gasteiger partial charge in [-0.1, -0.05) is 11.2 Å². The van der Waals surface area contributed by atoms with Crippen LogP contribution in [-0.2, 0) is 9.59 Å². The number of amides is 2. The van der Waals surface area contributed by atoms with Gasteiger partial charge in [-0.05, 0) is 50.1 Å². The molecule has 0 unspecified atom stereocenters. The molecule has 0 aliphatic carbocycles. The Balaban J connectivity index is 1.47. The first-order valence-electron chi connectivity index (χ1n) is 9.41. The Morgan fingerprint density at radius 1 is 1.21 bits per heavy atom. The van der Waals surface area contributed by atoms with Crippen molar-refractivity contribution < 1.29 is 14.1 Å². The van der Waals surface area contributed by atoms with Crippen LogP contribution >= 0.6 is 11.3 Å². The molecule has 0 saturated carbocycles. The zero-order valence-electron chi connectivity index (χ0n) is 16.8. The Labute approximate surface area is 172 Å². The van der Waals surface area contributed by atoms with Crippen molar-refractivity contribution in [3.63, 3.8) is 0 Å². The molecular weight excluding hydrogens is 388 g/mol. The van der Waals surface area contributed by atoms with Gasteiger partial charge in [-0.3, -0.25) is 9.59 Å². The molecule has 4 rings (SSSR count). The third kappa shape index (κ3) is 3.80. The van der Waals surface area contributed by atoms with Gasteiger partial charge in [-0.2, -0.15) is 4.98 Å². The number of carbonyl (C=O) groups excluding carboxylic acids is 2. The molecule has 1 atom stereocenters. The number of benzene rings is 1. The molecule has 3 heterocycles. The number of aromatic nitrogens is 2. The lowest BCUT2D eigenvalue weighted by atomic mass is 10.1. The van der Waals surface area contributed by atoms with Crippen molar-refractivity contribution in [1.29, 1.82) is 0 Å². The van der Waals surface area contributed by atoms with Crippen LogP contribution < -0.4 is 10.2 Å². The van der Waals surface area contributed by atoms with E-state index in [1.54, 1.807) is 11.8 Å². The third-order valence-electron chi connectivity index (χ3n) is 5.22. The van der Waals surface area contributed by atoms with Crippen molar-refractivity contribution in [2.45, 2.75) is 34.1 Å². The van der Waals surface area contributed by atoms with Crippen LogP contribution in [0, 0.1) is 33.6 Å². The molecule has 29 heavy (non-hydrogen) atoms. The monoisotopic (exact) mass is 410 g/mol. The first-order chi connectivity index (χ1) is 13.8. The maximum Gasteiger partial charge on any atom is 0.229 e. The van der Waals surface area contributed by atoms with Crippen molar-refractivity contribution in [3.8, 4) is 10.7 Å². The van der Waals surface area contributed by atoms with Gasteiger partial charge in [-0.15, -0.1) is 11.3 Å². The molecule has 1 aliphatic heterocycles. The summed E-state index contributed by atoms with van der Waals surface area (Å²) in [5.74, 6) is 0.430. The lowest BCUT2D eigenvalue weighted by Gasteiger charge is -2.18. The predicted molar refractivity (Wildman–Crippen MR) is 112 cm³/mol. The lowest BCUT2D eigenvalue weighted by molar-refractivity contribution is -0.122. The summed E-state index contributed by atoms with van der Waals surface area (Å²) in [6, 6.07) is 7.78. The minimum absolute atomic E-state index is 0.0293. The van der Waals surface area contributed by atoms with Gasteiger partial charge < -0.3 is 14.7 Å². The summed E-state index contributed by atoms with van der Waals surface area (Å²) in [5, 5.41) is 6.89. The summed E-state index contributed by atoms with van der Waals surface area (Å²) in [7, 11) is 0. The second kappa shape index (κ2) is 7.44. The summed E-state index contributed by atoms with van der Waals surface area (Å²) >= 11 is 1.49. The highest BCUT2D eigenvalue weighted by Gasteiger charge is 2.35.